The number of carbonyl (C=O) groups excluding carboxylic acids is 2. The number of ether oxygens (including phenoxy) is 1. The van der Waals surface area contributed by atoms with Crippen molar-refractivity contribution in [3.63, 3.8) is 0 Å². The first-order valence-electron chi connectivity index (χ1n) is 8.07. The number of anilines is 1. The van der Waals surface area contributed by atoms with E-state index in [1.54, 1.807) is 0 Å². The van der Waals surface area contributed by atoms with Crippen LogP contribution in [0.1, 0.15) is 5.56 Å². The van der Waals surface area contributed by atoms with E-state index in [4.69, 9.17) is 22.7 Å². The Morgan fingerprint density at radius 3 is 2.81 bits per heavy atom. The molecule has 10 heteroatoms. The van der Waals surface area contributed by atoms with Crippen LogP contribution in [0.3, 0.4) is 0 Å². The van der Waals surface area contributed by atoms with Gasteiger partial charge in [-0.2, -0.15) is 0 Å². The van der Waals surface area contributed by atoms with Gasteiger partial charge in [0.15, 0.2) is 9.74 Å². The number of amides is 1. The van der Waals surface area contributed by atoms with E-state index in [-0.39, 0.29) is 18.3 Å². The van der Waals surface area contributed by atoms with Gasteiger partial charge >= 0.3 is 0 Å². The fraction of sp³-hybridized carbons (Fsp3) is 0.375. The molecular weight excluding hydrogens is 374 g/mol. The molecule has 1 aromatic heterocycles. The van der Waals surface area contributed by atoms with Gasteiger partial charge in [0.1, 0.15) is 0 Å². The van der Waals surface area contributed by atoms with Crippen LogP contribution >= 0.6 is 23.6 Å². The van der Waals surface area contributed by atoms with E-state index < -0.39 is 23.3 Å². The van der Waals surface area contributed by atoms with Gasteiger partial charge in [-0.05, 0) is 24.2 Å². The van der Waals surface area contributed by atoms with Gasteiger partial charge in [0, 0.05) is 13.1 Å². The maximum atomic E-state index is 13.1. The number of nitrogens with one attached hydrogen (secondary N) is 3. The molecule has 2 aromatic rings. The number of ketones is 1. The smallest absolute Gasteiger partial charge is 0.267 e. The van der Waals surface area contributed by atoms with E-state index in [9.17, 15) is 9.59 Å². The zero-order valence-corrected chi connectivity index (χ0v) is 15.5. The van der Waals surface area contributed by atoms with Crippen molar-refractivity contribution >= 4 is 40.4 Å². The first kappa shape index (κ1) is 18.8. The maximum absolute atomic E-state index is 13.1. The number of Topliss-reactive ketones (excluding diaryl/α,β-unsaturated/α-hetero) is 1. The minimum atomic E-state index is -1.69. The van der Waals surface area contributed by atoms with E-state index in [2.05, 4.69) is 20.8 Å². The van der Waals surface area contributed by atoms with Gasteiger partial charge in [-0.1, -0.05) is 41.7 Å². The zero-order chi connectivity index (χ0) is 18.6. The molecule has 1 amide bonds. The number of H-pyrrole nitrogens is 1. The van der Waals surface area contributed by atoms with Crippen LogP contribution in [0.15, 0.2) is 30.3 Å². The number of benzene rings is 1. The Morgan fingerprint density at radius 2 is 2.19 bits per heavy atom. The number of hydrogen-bond donors (Lipinski definition) is 4. The lowest BCUT2D eigenvalue weighted by Crippen LogP contribution is -2.65. The predicted molar refractivity (Wildman–Crippen MR) is 101 cm³/mol. The number of aromatic amines is 1. The highest BCUT2D eigenvalue weighted by molar-refractivity contribution is 7.73. The summed E-state index contributed by atoms with van der Waals surface area (Å²) in [6.07, 6.45) is 0.319. The summed E-state index contributed by atoms with van der Waals surface area (Å²) in [4.78, 5) is 25.9. The fourth-order valence-corrected chi connectivity index (χ4v) is 3.55. The number of rotatable bonds is 6. The fourth-order valence-electron chi connectivity index (χ4n) is 2.77. The lowest BCUT2D eigenvalue weighted by Gasteiger charge is -2.36. The summed E-state index contributed by atoms with van der Waals surface area (Å²) in [5.74, 6) is -1.07. The second kappa shape index (κ2) is 8.14. The molecule has 3 rings (SSSR count). The predicted octanol–water partition coefficient (Wildman–Crippen LogP) is 0.637. The van der Waals surface area contributed by atoms with Crippen molar-refractivity contribution in [2.45, 2.75) is 18.1 Å². The number of hydrogen-bond acceptors (Lipinski definition) is 8. The molecule has 1 aliphatic heterocycles. The highest BCUT2D eigenvalue weighted by atomic mass is 32.1. The average Bonchev–Trinajstić information content (AvgIpc) is 3.07. The molecule has 1 aromatic carbocycles. The average molecular weight is 393 g/mol. The van der Waals surface area contributed by atoms with E-state index in [0.29, 0.717) is 16.9 Å². The Bertz CT molecular complexity index is 830. The number of morpholine rings is 1. The molecule has 0 aliphatic carbocycles. The van der Waals surface area contributed by atoms with E-state index in [1.165, 1.54) is 0 Å². The second-order valence-electron chi connectivity index (χ2n) is 5.89. The van der Waals surface area contributed by atoms with Crippen molar-refractivity contribution in [1.29, 1.82) is 0 Å². The lowest BCUT2D eigenvalue weighted by atomic mass is 9.88. The second-order valence-corrected chi connectivity index (χ2v) is 7.55. The van der Waals surface area contributed by atoms with E-state index >= 15 is 0 Å². The number of nitrogens with zero attached hydrogens (tertiary/aromatic N) is 1. The van der Waals surface area contributed by atoms with Crippen LogP contribution in [0.2, 0.25) is 0 Å². The molecule has 2 unspecified atom stereocenters. The van der Waals surface area contributed by atoms with Gasteiger partial charge in [-0.25, -0.2) is 0 Å². The SMILES string of the molecule is NC(Cc1ccccc1)C(=O)C1(C(=O)Nc2n[nH]c(=S)s2)CNCCO1. The molecule has 0 bridgehead atoms. The summed E-state index contributed by atoms with van der Waals surface area (Å²) in [6, 6.07) is 8.53. The first-order valence-corrected chi connectivity index (χ1v) is 9.29. The number of nitrogens with two attached hydrogens (primary N) is 1. The Labute approximate surface area is 159 Å². The summed E-state index contributed by atoms with van der Waals surface area (Å²) < 4.78 is 6.08. The lowest BCUT2D eigenvalue weighted by molar-refractivity contribution is -0.160. The molecule has 138 valence electrons. The van der Waals surface area contributed by atoms with Crippen LogP contribution in [0, 0.1) is 3.95 Å². The molecule has 26 heavy (non-hydrogen) atoms. The molecule has 8 nitrogen and oxygen atoms in total. The van der Waals surface area contributed by atoms with Crippen LogP contribution in [0.4, 0.5) is 5.13 Å². The molecule has 1 aliphatic rings. The van der Waals surface area contributed by atoms with Crippen molar-refractivity contribution < 1.29 is 14.3 Å². The summed E-state index contributed by atoms with van der Waals surface area (Å²) in [5, 5.41) is 12.4. The van der Waals surface area contributed by atoms with Gasteiger partial charge in [-0.3, -0.25) is 20.0 Å². The Balaban J connectivity index is 1.80. The summed E-state index contributed by atoms with van der Waals surface area (Å²) in [6.45, 7) is 0.834. The molecule has 0 spiro atoms. The van der Waals surface area contributed by atoms with Gasteiger partial charge in [0.25, 0.3) is 5.91 Å². The van der Waals surface area contributed by atoms with E-state index in [1.807, 2.05) is 30.3 Å². The van der Waals surface area contributed by atoms with Crippen LogP contribution in [0.5, 0.6) is 0 Å². The van der Waals surface area contributed by atoms with Crippen LogP contribution < -0.4 is 16.4 Å². The van der Waals surface area contributed by atoms with Crippen molar-refractivity contribution in [3.05, 3.63) is 39.8 Å². The minimum Gasteiger partial charge on any atom is -0.355 e. The summed E-state index contributed by atoms with van der Waals surface area (Å²) in [5.41, 5.74) is 5.35. The Morgan fingerprint density at radius 1 is 1.42 bits per heavy atom. The first-order chi connectivity index (χ1) is 12.5. The standard InChI is InChI=1S/C16H19N5O3S2/c17-11(8-10-4-2-1-3-5-10)12(22)16(9-18-6-7-24-16)13(23)19-14-20-21-15(25)26-14/h1-5,11,18H,6-9,17H2,(H,21,25)(H,19,20,23). The molecule has 1 fully saturated rings. The largest absolute Gasteiger partial charge is 0.355 e. The van der Waals surface area contributed by atoms with Crippen molar-refractivity contribution in [2.75, 3.05) is 25.0 Å². The minimum absolute atomic E-state index is 0.0516. The Hall–Kier alpha value is -1.98. The molecule has 0 saturated carbocycles. The molecule has 1 saturated heterocycles. The van der Waals surface area contributed by atoms with Crippen molar-refractivity contribution in [3.8, 4) is 0 Å². The topological polar surface area (TPSA) is 122 Å². The molecule has 0 radical (unpaired) electrons. The Kier molecular flexibility index (Phi) is 5.89. The van der Waals surface area contributed by atoms with Crippen molar-refractivity contribution in [1.82, 2.24) is 15.5 Å². The van der Waals surface area contributed by atoms with Crippen LogP contribution in [-0.4, -0.2) is 53.2 Å². The third-order valence-electron chi connectivity index (χ3n) is 4.06. The molecular formula is C16H19N5O3S2. The van der Waals surface area contributed by atoms with Gasteiger partial charge in [-0.15, -0.1) is 5.10 Å². The van der Waals surface area contributed by atoms with Gasteiger partial charge in [0.2, 0.25) is 10.7 Å². The molecule has 2 heterocycles. The van der Waals surface area contributed by atoms with Crippen molar-refractivity contribution in [2.24, 2.45) is 5.73 Å². The third-order valence-corrected chi connectivity index (χ3v) is 5.06. The summed E-state index contributed by atoms with van der Waals surface area (Å²) >= 11 is 6.05. The zero-order valence-electron chi connectivity index (χ0n) is 13.9. The molecule has 2 atom stereocenters. The summed E-state index contributed by atoms with van der Waals surface area (Å²) in [7, 11) is 0. The van der Waals surface area contributed by atoms with Crippen LogP contribution in [0.25, 0.3) is 0 Å². The number of carbonyl (C=O) groups is 2. The maximum Gasteiger partial charge on any atom is 0.267 e. The molecule has 5 N–H and O–H groups in total. The number of aromatic nitrogens is 2. The monoisotopic (exact) mass is 393 g/mol. The quantitative estimate of drug-likeness (QED) is 0.419. The normalized spacial score (nSPS) is 21.1. The highest BCUT2D eigenvalue weighted by Gasteiger charge is 2.50. The third kappa shape index (κ3) is 4.05. The van der Waals surface area contributed by atoms with Gasteiger partial charge < -0.3 is 15.8 Å². The van der Waals surface area contributed by atoms with Crippen LogP contribution in [-0.2, 0) is 20.7 Å². The van der Waals surface area contributed by atoms with Gasteiger partial charge in [0.05, 0.1) is 12.6 Å². The highest BCUT2D eigenvalue weighted by Crippen LogP contribution is 2.22. The van der Waals surface area contributed by atoms with E-state index in [0.717, 1.165) is 16.9 Å².